The third-order valence-electron chi connectivity index (χ3n) is 3.35. The maximum Gasteiger partial charge on any atom is 0.240 e. The van der Waals surface area contributed by atoms with Crippen molar-refractivity contribution in [2.24, 2.45) is 0 Å². The molecule has 1 N–H and O–H groups in total. The predicted molar refractivity (Wildman–Crippen MR) is 79.7 cm³/mol. The van der Waals surface area contributed by atoms with Crippen molar-refractivity contribution in [1.82, 2.24) is 4.72 Å². The van der Waals surface area contributed by atoms with E-state index in [1.165, 1.54) is 12.1 Å². The number of hydrogen-bond acceptors (Lipinski definition) is 4. The summed E-state index contributed by atoms with van der Waals surface area (Å²) in [5.41, 5.74) is 0.746. The van der Waals surface area contributed by atoms with Gasteiger partial charge >= 0.3 is 0 Å². The summed E-state index contributed by atoms with van der Waals surface area (Å²) in [6.45, 7) is 1.54. The van der Waals surface area contributed by atoms with Gasteiger partial charge in [-0.2, -0.15) is 0 Å². The van der Waals surface area contributed by atoms with Gasteiger partial charge in [-0.3, -0.25) is 4.79 Å². The number of sulfonamides is 1. The molecule has 0 bridgehead atoms. The van der Waals surface area contributed by atoms with Gasteiger partial charge in [0.05, 0.1) is 4.90 Å². The van der Waals surface area contributed by atoms with Crippen LogP contribution in [-0.4, -0.2) is 41.1 Å². The maximum atomic E-state index is 12.1. The number of nitrogens with one attached hydrogen (secondary N) is 1. The molecular formula is C14H20N2O4S. The summed E-state index contributed by atoms with van der Waals surface area (Å²) in [7, 11) is -1.93. The highest BCUT2D eigenvalue weighted by atomic mass is 32.2. The van der Waals surface area contributed by atoms with Crippen molar-refractivity contribution in [3.05, 3.63) is 24.3 Å². The SMILES string of the molecule is COCCCNS(=O)(=O)c1ccc(N2CCCC2=O)cc1. The molecule has 0 saturated carbocycles. The number of ether oxygens (including phenoxy) is 1. The van der Waals surface area contributed by atoms with Crippen LogP contribution in [0.15, 0.2) is 29.2 Å². The monoisotopic (exact) mass is 312 g/mol. The van der Waals surface area contributed by atoms with E-state index in [0.29, 0.717) is 32.5 Å². The summed E-state index contributed by atoms with van der Waals surface area (Å²) in [6, 6.07) is 6.40. The predicted octanol–water partition coefficient (Wildman–Crippen LogP) is 1.13. The van der Waals surface area contributed by atoms with E-state index in [0.717, 1.165) is 12.1 Å². The first-order valence-corrected chi connectivity index (χ1v) is 8.42. The van der Waals surface area contributed by atoms with Crippen LogP contribution in [0.1, 0.15) is 19.3 Å². The maximum absolute atomic E-state index is 12.1. The summed E-state index contributed by atoms with van der Waals surface area (Å²) in [4.78, 5) is 13.5. The van der Waals surface area contributed by atoms with E-state index < -0.39 is 10.0 Å². The number of carbonyl (C=O) groups excluding carboxylic acids is 1. The largest absolute Gasteiger partial charge is 0.385 e. The lowest BCUT2D eigenvalue weighted by atomic mass is 10.3. The van der Waals surface area contributed by atoms with Crippen LogP contribution in [0, 0.1) is 0 Å². The van der Waals surface area contributed by atoms with Crippen LogP contribution in [0.25, 0.3) is 0 Å². The first kappa shape index (κ1) is 15.9. The molecule has 2 rings (SSSR count). The van der Waals surface area contributed by atoms with Crippen LogP contribution in [0.2, 0.25) is 0 Å². The summed E-state index contributed by atoms with van der Waals surface area (Å²) >= 11 is 0. The second kappa shape index (κ2) is 7.02. The van der Waals surface area contributed by atoms with E-state index in [1.54, 1.807) is 24.1 Å². The molecule has 0 unspecified atom stereocenters. The minimum atomic E-state index is -3.50. The molecule has 21 heavy (non-hydrogen) atoms. The molecule has 0 atom stereocenters. The second-order valence-corrected chi connectivity index (χ2v) is 6.65. The van der Waals surface area contributed by atoms with Gasteiger partial charge in [-0.25, -0.2) is 13.1 Å². The minimum Gasteiger partial charge on any atom is -0.385 e. The average molecular weight is 312 g/mol. The summed E-state index contributed by atoms with van der Waals surface area (Å²) < 4.78 is 31.5. The molecule has 1 fully saturated rings. The Hall–Kier alpha value is -1.44. The lowest BCUT2D eigenvalue weighted by Crippen LogP contribution is -2.26. The topological polar surface area (TPSA) is 75.7 Å². The fraction of sp³-hybridized carbons (Fsp3) is 0.500. The molecule has 1 amide bonds. The quantitative estimate of drug-likeness (QED) is 0.766. The van der Waals surface area contributed by atoms with E-state index in [2.05, 4.69) is 4.72 Å². The molecule has 116 valence electrons. The molecule has 1 aliphatic rings. The highest BCUT2D eigenvalue weighted by Gasteiger charge is 2.22. The number of nitrogens with zero attached hydrogens (tertiary/aromatic N) is 1. The van der Waals surface area contributed by atoms with Gasteiger partial charge < -0.3 is 9.64 Å². The molecule has 0 spiro atoms. The molecule has 1 saturated heterocycles. The molecule has 1 aromatic carbocycles. The fourth-order valence-corrected chi connectivity index (χ4v) is 3.31. The van der Waals surface area contributed by atoms with Crippen LogP contribution in [0.5, 0.6) is 0 Å². The van der Waals surface area contributed by atoms with Gasteiger partial charge in [-0.05, 0) is 37.1 Å². The summed E-state index contributed by atoms with van der Waals surface area (Å²) in [6.07, 6.45) is 2.02. The van der Waals surface area contributed by atoms with E-state index in [1.807, 2.05) is 0 Å². The van der Waals surface area contributed by atoms with Crippen LogP contribution in [0.4, 0.5) is 5.69 Å². The molecule has 0 radical (unpaired) electrons. The molecule has 7 heteroatoms. The number of rotatable bonds is 7. The molecule has 1 aromatic rings. The van der Waals surface area contributed by atoms with Crippen molar-refractivity contribution in [2.75, 3.05) is 31.7 Å². The van der Waals surface area contributed by atoms with E-state index in [-0.39, 0.29) is 10.8 Å². The van der Waals surface area contributed by atoms with E-state index in [9.17, 15) is 13.2 Å². The second-order valence-electron chi connectivity index (χ2n) is 4.89. The first-order valence-electron chi connectivity index (χ1n) is 6.93. The Labute approximate surface area is 125 Å². The molecule has 1 heterocycles. The standard InChI is InChI=1S/C14H20N2O4S/c1-20-11-3-9-15-21(18,19)13-7-5-12(6-8-13)16-10-2-4-14(16)17/h5-8,15H,2-4,9-11H2,1H3. The van der Waals surface area contributed by atoms with Crippen LogP contribution >= 0.6 is 0 Å². The van der Waals surface area contributed by atoms with Crippen molar-refractivity contribution < 1.29 is 17.9 Å². The van der Waals surface area contributed by atoms with Crippen molar-refractivity contribution >= 4 is 21.6 Å². The number of hydrogen-bond donors (Lipinski definition) is 1. The Morgan fingerprint density at radius 2 is 2.00 bits per heavy atom. The molecular weight excluding hydrogens is 292 g/mol. The Balaban J connectivity index is 2.02. The smallest absolute Gasteiger partial charge is 0.240 e. The fourth-order valence-electron chi connectivity index (χ4n) is 2.23. The van der Waals surface area contributed by atoms with Crippen LogP contribution in [-0.2, 0) is 19.6 Å². The Bertz CT molecular complexity index is 583. The van der Waals surface area contributed by atoms with Crippen molar-refractivity contribution in [2.45, 2.75) is 24.2 Å². The van der Waals surface area contributed by atoms with Gasteiger partial charge in [-0.1, -0.05) is 0 Å². The minimum absolute atomic E-state index is 0.0864. The Morgan fingerprint density at radius 1 is 1.29 bits per heavy atom. The molecule has 0 aromatic heterocycles. The van der Waals surface area contributed by atoms with Gasteiger partial charge in [-0.15, -0.1) is 0 Å². The number of benzene rings is 1. The first-order chi connectivity index (χ1) is 10.0. The number of amides is 1. The van der Waals surface area contributed by atoms with Crippen molar-refractivity contribution in [3.8, 4) is 0 Å². The van der Waals surface area contributed by atoms with Gasteiger partial charge in [0.15, 0.2) is 0 Å². The van der Waals surface area contributed by atoms with Gasteiger partial charge in [0.2, 0.25) is 15.9 Å². The third-order valence-corrected chi connectivity index (χ3v) is 4.83. The number of anilines is 1. The molecule has 0 aliphatic carbocycles. The summed E-state index contributed by atoms with van der Waals surface area (Å²) in [5.74, 6) is 0.0864. The Kier molecular flexibility index (Phi) is 5.33. The van der Waals surface area contributed by atoms with Gasteiger partial charge in [0, 0.05) is 38.9 Å². The molecule has 1 aliphatic heterocycles. The number of carbonyl (C=O) groups is 1. The third kappa shape index (κ3) is 4.03. The normalized spacial score (nSPS) is 15.7. The van der Waals surface area contributed by atoms with E-state index >= 15 is 0 Å². The van der Waals surface area contributed by atoms with Crippen LogP contribution in [0.3, 0.4) is 0 Å². The van der Waals surface area contributed by atoms with Crippen molar-refractivity contribution in [1.29, 1.82) is 0 Å². The highest BCUT2D eigenvalue weighted by Crippen LogP contribution is 2.22. The lowest BCUT2D eigenvalue weighted by molar-refractivity contribution is -0.117. The zero-order valence-corrected chi connectivity index (χ0v) is 12.9. The van der Waals surface area contributed by atoms with Gasteiger partial charge in [0.25, 0.3) is 0 Å². The Morgan fingerprint density at radius 3 is 2.57 bits per heavy atom. The van der Waals surface area contributed by atoms with Gasteiger partial charge in [0.1, 0.15) is 0 Å². The highest BCUT2D eigenvalue weighted by molar-refractivity contribution is 7.89. The zero-order valence-electron chi connectivity index (χ0n) is 12.0. The zero-order chi connectivity index (χ0) is 15.3. The average Bonchev–Trinajstić information content (AvgIpc) is 2.90. The van der Waals surface area contributed by atoms with Crippen LogP contribution < -0.4 is 9.62 Å². The van der Waals surface area contributed by atoms with E-state index in [4.69, 9.17) is 4.74 Å². The van der Waals surface area contributed by atoms with Crippen molar-refractivity contribution in [3.63, 3.8) is 0 Å². The summed E-state index contributed by atoms with van der Waals surface area (Å²) in [5, 5.41) is 0. The lowest BCUT2D eigenvalue weighted by Gasteiger charge is -2.16. The molecule has 6 nitrogen and oxygen atoms in total. The number of methoxy groups -OCH3 is 1.